The van der Waals surface area contributed by atoms with Crippen LogP contribution in [0.25, 0.3) is 0 Å². The average Bonchev–Trinajstić information content (AvgIpc) is 2.72. The number of rotatable bonds is 5. The fourth-order valence-electron chi connectivity index (χ4n) is 1.48. The van der Waals surface area contributed by atoms with Gasteiger partial charge in [-0.05, 0) is 12.8 Å². The number of hydrogen-bond acceptors (Lipinski definition) is 3. The largest absolute Gasteiger partial charge is 0.479 e. The summed E-state index contributed by atoms with van der Waals surface area (Å²) in [4.78, 5) is 21.5. The number of amides is 2. The molecule has 2 amide bonds. The molecule has 1 aliphatic heterocycles. The molecule has 2 unspecified atom stereocenters. The van der Waals surface area contributed by atoms with Gasteiger partial charge in [0.15, 0.2) is 6.10 Å². The van der Waals surface area contributed by atoms with E-state index in [0.29, 0.717) is 12.8 Å². The minimum Gasteiger partial charge on any atom is -0.479 e. The predicted molar refractivity (Wildman–Crippen MR) is 52.9 cm³/mol. The SMILES string of the molecule is O=C(NCC(F)F)NCC1CCC(C(=O)O)O1. The second-order valence-electron chi connectivity index (χ2n) is 3.64. The summed E-state index contributed by atoms with van der Waals surface area (Å²) in [5.41, 5.74) is 0. The Bertz CT molecular complexity index is 288. The molecule has 6 nitrogen and oxygen atoms in total. The third-order valence-electron chi connectivity index (χ3n) is 2.29. The predicted octanol–water partition coefficient (Wildman–Crippen LogP) is 0.183. The Hall–Kier alpha value is -1.44. The Morgan fingerprint density at radius 2 is 2.06 bits per heavy atom. The van der Waals surface area contributed by atoms with Crippen molar-refractivity contribution in [2.24, 2.45) is 0 Å². The van der Waals surface area contributed by atoms with Crippen LogP contribution in [-0.2, 0) is 9.53 Å². The van der Waals surface area contributed by atoms with Gasteiger partial charge < -0.3 is 20.5 Å². The summed E-state index contributed by atoms with van der Waals surface area (Å²) in [7, 11) is 0. The highest BCUT2D eigenvalue weighted by atomic mass is 19.3. The second-order valence-corrected chi connectivity index (χ2v) is 3.64. The molecule has 2 atom stereocenters. The molecular weight excluding hydrogens is 238 g/mol. The van der Waals surface area contributed by atoms with Gasteiger partial charge in [0.05, 0.1) is 12.6 Å². The molecule has 1 fully saturated rings. The zero-order valence-electron chi connectivity index (χ0n) is 8.99. The van der Waals surface area contributed by atoms with Crippen LogP contribution in [0.15, 0.2) is 0 Å². The van der Waals surface area contributed by atoms with Crippen LogP contribution in [0.3, 0.4) is 0 Å². The fraction of sp³-hybridized carbons (Fsp3) is 0.778. The van der Waals surface area contributed by atoms with E-state index in [9.17, 15) is 18.4 Å². The maximum atomic E-state index is 11.7. The Kier molecular flexibility index (Phi) is 5.08. The number of urea groups is 1. The van der Waals surface area contributed by atoms with E-state index in [4.69, 9.17) is 9.84 Å². The molecule has 0 aromatic carbocycles. The van der Waals surface area contributed by atoms with Gasteiger partial charge in [-0.25, -0.2) is 18.4 Å². The quantitative estimate of drug-likeness (QED) is 0.651. The molecule has 3 N–H and O–H groups in total. The number of carbonyl (C=O) groups excluding carboxylic acids is 1. The highest BCUT2D eigenvalue weighted by Gasteiger charge is 2.30. The molecule has 17 heavy (non-hydrogen) atoms. The second kappa shape index (κ2) is 6.33. The van der Waals surface area contributed by atoms with Crippen LogP contribution in [0.4, 0.5) is 13.6 Å². The lowest BCUT2D eigenvalue weighted by molar-refractivity contribution is -0.149. The first-order valence-electron chi connectivity index (χ1n) is 5.17. The number of halogens is 2. The summed E-state index contributed by atoms with van der Waals surface area (Å²) in [6.07, 6.45) is -2.91. The fourth-order valence-corrected chi connectivity index (χ4v) is 1.48. The number of carboxylic acid groups (broad SMARTS) is 1. The van der Waals surface area contributed by atoms with E-state index < -0.39 is 31.1 Å². The molecule has 0 aromatic rings. The molecule has 98 valence electrons. The van der Waals surface area contributed by atoms with Crippen LogP contribution in [0.2, 0.25) is 0 Å². The van der Waals surface area contributed by atoms with E-state index in [1.165, 1.54) is 0 Å². The number of alkyl halides is 2. The topological polar surface area (TPSA) is 87.7 Å². The summed E-state index contributed by atoms with van der Waals surface area (Å²) >= 11 is 0. The Labute approximate surface area is 96.3 Å². The molecule has 8 heteroatoms. The summed E-state index contributed by atoms with van der Waals surface area (Å²) in [6, 6.07) is -0.715. The van der Waals surface area contributed by atoms with Gasteiger partial charge >= 0.3 is 12.0 Å². The zero-order valence-corrected chi connectivity index (χ0v) is 8.99. The van der Waals surface area contributed by atoms with Gasteiger partial charge in [-0.3, -0.25) is 0 Å². The van der Waals surface area contributed by atoms with Crippen molar-refractivity contribution in [2.45, 2.75) is 31.5 Å². The summed E-state index contributed by atoms with van der Waals surface area (Å²) in [5.74, 6) is -1.03. The number of aliphatic carboxylic acids is 1. The van der Waals surface area contributed by atoms with Crippen molar-refractivity contribution < 1.29 is 28.2 Å². The number of nitrogens with one attached hydrogen (secondary N) is 2. The first-order chi connectivity index (χ1) is 7.99. The minimum absolute atomic E-state index is 0.110. The number of ether oxygens (including phenoxy) is 1. The highest BCUT2D eigenvalue weighted by Crippen LogP contribution is 2.18. The van der Waals surface area contributed by atoms with Crippen molar-refractivity contribution in [1.82, 2.24) is 10.6 Å². The highest BCUT2D eigenvalue weighted by molar-refractivity contribution is 5.74. The van der Waals surface area contributed by atoms with Gasteiger partial charge in [0.25, 0.3) is 6.43 Å². The van der Waals surface area contributed by atoms with Crippen molar-refractivity contribution >= 4 is 12.0 Å². The zero-order chi connectivity index (χ0) is 12.8. The molecule has 0 aliphatic carbocycles. The molecule has 1 aliphatic rings. The molecule has 0 spiro atoms. The van der Waals surface area contributed by atoms with Crippen molar-refractivity contribution in [3.63, 3.8) is 0 Å². The van der Waals surface area contributed by atoms with E-state index in [1.54, 1.807) is 0 Å². The molecular formula is C9H14F2N2O4. The van der Waals surface area contributed by atoms with Gasteiger partial charge in [0.2, 0.25) is 0 Å². The summed E-state index contributed by atoms with van der Waals surface area (Å²) in [5, 5.41) is 13.0. The third kappa shape index (κ3) is 4.94. The van der Waals surface area contributed by atoms with E-state index in [1.807, 2.05) is 5.32 Å². The lowest BCUT2D eigenvalue weighted by Gasteiger charge is -2.12. The molecule has 1 heterocycles. The molecule has 0 radical (unpaired) electrons. The average molecular weight is 252 g/mol. The monoisotopic (exact) mass is 252 g/mol. The lowest BCUT2D eigenvalue weighted by Crippen LogP contribution is -2.41. The first kappa shape index (κ1) is 13.6. The first-order valence-corrected chi connectivity index (χ1v) is 5.17. The van der Waals surface area contributed by atoms with Crippen LogP contribution < -0.4 is 10.6 Å². The maximum Gasteiger partial charge on any atom is 0.332 e. The van der Waals surface area contributed by atoms with Gasteiger partial charge in [0, 0.05) is 6.54 Å². The van der Waals surface area contributed by atoms with Crippen LogP contribution in [0.1, 0.15) is 12.8 Å². The Morgan fingerprint density at radius 3 is 2.59 bits per heavy atom. The number of carboxylic acids is 1. The van der Waals surface area contributed by atoms with Crippen LogP contribution in [0, 0.1) is 0 Å². The number of carbonyl (C=O) groups is 2. The third-order valence-corrected chi connectivity index (χ3v) is 2.29. The smallest absolute Gasteiger partial charge is 0.332 e. The number of hydrogen-bond donors (Lipinski definition) is 3. The van der Waals surface area contributed by atoms with Gasteiger partial charge in [-0.1, -0.05) is 0 Å². The lowest BCUT2D eigenvalue weighted by atomic mass is 10.2. The Balaban J connectivity index is 2.15. The van der Waals surface area contributed by atoms with Crippen molar-refractivity contribution in [3.8, 4) is 0 Å². The van der Waals surface area contributed by atoms with Crippen LogP contribution >= 0.6 is 0 Å². The van der Waals surface area contributed by atoms with Gasteiger partial charge in [0.1, 0.15) is 0 Å². The maximum absolute atomic E-state index is 11.7. The molecule has 1 rings (SSSR count). The van der Waals surface area contributed by atoms with E-state index >= 15 is 0 Å². The van der Waals surface area contributed by atoms with Crippen molar-refractivity contribution in [3.05, 3.63) is 0 Å². The normalized spacial score (nSPS) is 23.7. The van der Waals surface area contributed by atoms with E-state index in [0.717, 1.165) is 0 Å². The van der Waals surface area contributed by atoms with E-state index in [-0.39, 0.29) is 12.6 Å². The van der Waals surface area contributed by atoms with Gasteiger partial charge in [-0.15, -0.1) is 0 Å². The summed E-state index contributed by atoms with van der Waals surface area (Å²) in [6.45, 7) is -0.603. The van der Waals surface area contributed by atoms with E-state index in [2.05, 4.69) is 5.32 Å². The summed E-state index contributed by atoms with van der Waals surface area (Å²) < 4.78 is 28.6. The van der Waals surface area contributed by atoms with Crippen molar-refractivity contribution in [1.29, 1.82) is 0 Å². The molecule has 0 aromatic heterocycles. The minimum atomic E-state index is -2.60. The van der Waals surface area contributed by atoms with Crippen LogP contribution in [0.5, 0.6) is 0 Å². The molecule has 0 saturated carbocycles. The molecule has 1 saturated heterocycles. The standard InChI is InChI=1S/C9H14F2N2O4/c10-7(11)4-13-9(16)12-3-5-1-2-6(17-5)8(14)15/h5-7H,1-4H2,(H,14,15)(H2,12,13,16). The van der Waals surface area contributed by atoms with Gasteiger partial charge in [-0.2, -0.15) is 0 Å². The van der Waals surface area contributed by atoms with Crippen LogP contribution in [-0.4, -0.2) is 48.8 Å². The Morgan fingerprint density at radius 1 is 1.35 bits per heavy atom. The van der Waals surface area contributed by atoms with Crippen molar-refractivity contribution in [2.75, 3.05) is 13.1 Å². The molecule has 0 bridgehead atoms.